The van der Waals surface area contributed by atoms with Crippen LogP contribution in [0.5, 0.6) is 0 Å². The number of ether oxygens (including phenoxy) is 2. The monoisotopic (exact) mass is 302 g/mol. The first-order valence-corrected chi connectivity index (χ1v) is 6.70. The highest BCUT2D eigenvalue weighted by Crippen LogP contribution is 2.27. The minimum Gasteiger partial charge on any atom is -0.465 e. The van der Waals surface area contributed by atoms with Crippen molar-refractivity contribution in [2.45, 2.75) is 6.42 Å². The molecule has 9 heteroatoms. The van der Waals surface area contributed by atoms with E-state index in [1.165, 1.54) is 7.11 Å². The summed E-state index contributed by atoms with van der Waals surface area (Å²) in [5.41, 5.74) is 5.80. The minimum atomic E-state index is -0.553. The van der Waals surface area contributed by atoms with Gasteiger partial charge in [0.15, 0.2) is 5.82 Å². The molecule has 8 nitrogen and oxygen atoms in total. The molecule has 0 aromatic carbocycles. The number of esters is 1. The zero-order valence-electron chi connectivity index (χ0n) is 11.4. The second-order valence-electron chi connectivity index (χ2n) is 3.78. The largest absolute Gasteiger partial charge is 0.465 e. The van der Waals surface area contributed by atoms with Crippen LogP contribution in [0.25, 0.3) is 0 Å². The van der Waals surface area contributed by atoms with Crippen molar-refractivity contribution in [2.75, 3.05) is 45.0 Å². The highest BCUT2D eigenvalue weighted by molar-refractivity contribution is 7.11. The van der Waals surface area contributed by atoms with E-state index in [1.807, 2.05) is 0 Å². The second-order valence-corrected chi connectivity index (χ2v) is 4.56. The Balaban J connectivity index is 2.42. The Kier molecular flexibility index (Phi) is 6.74. The first-order valence-electron chi connectivity index (χ1n) is 5.93. The summed E-state index contributed by atoms with van der Waals surface area (Å²) in [7, 11) is 2.84. The van der Waals surface area contributed by atoms with Crippen molar-refractivity contribution >= 4 is 34.2 Å². The average molecular weight is 302 g/mol. The number of nitrogen functional groups attached to an aromatic ring is 1. The highest BCUT2D eigenvalue weighted by atomic mass is 32.1. The Hall–Kier alpha value is -1.87. The fraction of sp³-hybridized carbons (Fsp3) is 0.545. The molecule has 1 aromatic heterocycles. The van der Waals surface area contributed by atoms with E-state index in [2.05, 4.69) is 19.7 Å². The van der Waals surface area contributed by atoms with Crippen LogP contribution in [0, 0.1) is 0 Å². The lowest BCUT2D eigenvalue weighted by molar-refractivity contribution is -0.121. The van der Waals surface area contributed by atoms with E-state index in [0.717, 1.165) is 11.5 Å². The molecule has 1 heterocycles. The highest BCUT2D eigenvalue weighted by Gasteiger charge is 2.19. The Bertz CT molecular complexity index is 463. The van der Waals surface area contributed by atoms with Gasteiger partial charge in [0.05, 0.1) is 13.7 Å². The number of aromatic nitrogens is 1. The molecule has 0 aliphatic rings. The number of carbonyl (C=O) groups is 2. The number of nitrogens with one attached hydrogen (secondary N) is 2. The number of nitrogens with two attached hydrogens (primary N) is 1. The van der Waals surface area contributed by atoms with Crippen LogP contribution < -0.4 is 16.4 Å². The van der Waals surface area contributed by atoms with Crippen LogP contribution in [0.2, 0.25) is 0 Å². The minimum absolute atomic E-state index is 0.105. The molecule has 0 spiro atoms. The van der Waals surface area contributed by atoms with Gasteiger partial charge in [-0.15, -0.1) is 0 Å². The lowest BCUT2D eigenvalue weighted by atomic mass is 10.3. The zero-order chi connectivity index (χ0) is 15.0. The molecule has 20 heavy (non-hydrogen) atoms. The molecule has 0 saturated carbocycles. The Labute approximate surface area is 120 Å². The molecule has 4 N–H and O–H groups in total. The van der Waals surface area contributed by atoms with Gasteiger partial charge in [0.1, 0.15) is 10.6 Å². The van der Waals surface area contributed by atoms with Gasteiger partial charge < -0.3 is 25.8 Å². The van der Waals surface area contributed by atoms with Crippen LogP contribution in [0.4, 0.5) is 10.8 Å². The van der Waals surface area contributed by atoms with Crippen molar-refractivity contribution in [2.24, 2.45) is 0 Å². The van der Waals surface area contributed by atoms with E-state index < -0.39 is 5.97 Å². The summed E-state index contributed by atoms with van der Waals surface area (Å²) in [6.07, 6.45) is 0.266. The molecule has 0 fully saturated rings. The maximum Gasteiger partial charge on any atom is 0.344 e. The van der Waals surface area contributed by atoms with Crippen molar-refractivity contribution in [3.63, 3.8) is 0 Å². The summed E-state index contributed by atoms with van der Waals surface area (Å²) in [5.74, 6) is -0.538. The SMILES string of the molecule is COCCNC(=O)CCNc1snc(N)c1C(=O)OC. The molecular weight excluding hydrogens is 284 g/mol. The third kappa shape index (κ3) is 4.67. The fourth-order valence-corrected chi connectivity index (χ4v) is 2.12. The van der Waals surface area contributed by atoms with Crippen LogP contribution >= 0.6 is 11.5 Å². The maximum absolute atomic E-state index is 11.5. The lowest BCUT2D eigenvalue weighted by Gasteiger charge is -2.07. The Morgan fingerprint density at radius 1 is 1.35 bits per heavy atom. The third-order valence-electron chi connectivity index (χ3n) is 2.37. The van der Waals surface area contributed by atoms with Crippen molar-refractivity contribution in [1.82, 2.24) is 9.69 Å². The zero-order valence-corrected chi connectivity index (χ0v) is 12.2. The van der Waals surface area contributed by atoms with Crippen LogP contribution in [0.3, 0.4) is 0 Å². The molecule has 1 rings (SSSR count). The van der Waals surface area contributed by atoms with Gasteiger partial charge >= 0.3 is 5.97 Å². The third-order valence-corrected chi connectivity index (χ3v) is 3.19. The summed E-state index contributed by atoms with van der Waals surface area (Å²) in [6, 6.07) is 0. The Morgan fingerprint density at radius 2 is 2.10 bits per heavy atom. The van der Waals surface area contributed by atoms with E-state index in [0.29, 0.717) is 24.7 Å². The summed E-state index contributed by atoms with van der Waals surface area (Å²) < 4.78 is 13.3. The average Bonchev–Trinajstić information content (AvgIpc) is 2.79. The standard InChI is InChI=1S/C11H18N4O4S/c1-18-6-5-13-7(16)3-4-14-10-8(11(17)19-2)9(12)15-20-10/h14H,3-6H2,1-2H3,(H2,12,15)(H,13,16). The molecule has 0 atom stereocenters. The van der Waals surface area contributed by atoms with E-state index >= 15 is 0 Å². The lowest BCUT2D eigenvalue weighted by Crippen LogP contribution is -2.28. The van der Waals surface area contributed by atoms with Crippen LogP contribution in [-0.2, 0) is 14.3 Å². The van der Waals surface area contributed by atoms with Crippen LogP contribution in [0.15, 0.2) is 0 Å². The number of amides is 1. The number of carbonyl (C=O) groups excluding carboxylic acids is 2. The van der Waals surface area contributed by atoms with Crippen LogP contribution in [-0.4, -0.2) is 50.2 Å². The second kappa shape index (κ2) is 8.33. The number of nitrogens with zero attached hydrogens (tertiary/aromatic N) is 1. The molecule has 1 aromatic rings. The molecule has 0 aliphatic carbocycles. The first-order chi connectivity index (χ1) is 9.60. The van der Waals surface area contributed by atoms with Crippen molar-refractivity contribution in [1.29, 1.82) is 0 Å². The molecule has 0 unspecified atom stereocenters. The van der Waals surface area contributed by atoms with Gasteiger partial charge in [0.2, 0.25) is 5.91 Å². The molecular formula is C11H18N4O4S. The maximum atomic E-state index is 11.5. The van der Waals surface area contributed by atoms with Crippen molar-refractivity contribution in [3.8, 4) is 0 Å². The van der Waals surface area contributed by atoms with E-state index in [1.54, 1.807) is 7.11 Å². The van der Waals surface area contributed by atoms with Gasteiger partial charge in [-0.2, -0.15) is 4.37 Å². The van der Waals surface area contributed by atoms with E-state index in [-0.39, 0.29) is 23.7 Å². The summed E-state index contributed by atoms with van der Waals surface area (Å²) in [4.78, 5) is 23.0. The van der Waals surface area contributed by atoms with Gasteiger partial charge in [0.25, 0.3) is 0 Å². The number of methoxy groups -OCH3 is 2. The van der Waals surface area contributed by atoms with Gasteiger partial charge in [-0.25, -0.2) is 4.79 Å². The summed E-state index contributed by atoms with van der Waals surface area (Å²) >= 11 is 1.05. The fourth-order valence-electron chi connectivity index (χ4n) is 1.39. The smallest absolute Gasteiger partial charge is 0.344 e. The number of rotatable bonds is 8. The predicted molar refractivity (Wildman–Crippen MR) is 75.9 cm³/mol. The molecule has 112 valence electrons. The quantitative estimate of drug-likeness (QED) is 0.460. The van der Waals surface area contributed by atoms with E-state index in [4.69, 9.17) is 10.5 Å². The first kappa shape index (κ1) is 16.2. The number of anilines is 2. The molecule has 0 bridgehead atoms. The van der Waals surface area contributed by atoms with Gasteiger partial charge in [-0.3, -0.25) is 4.79 Å². The van der Waals surface area contributed by atoms with Crippen LogP contribution in [0.1, 0.15) is 16.8 Å². The summed E-state index contributed by atoms with van der Waals surface area (Å²) in [6.45, 7) is 1.30. The van der Waals surface area contributed by atoms with Crippen molar-refractivity contribution in [3.05, 3.63) is 5.56 Å². The van der Waals surface area contributed by atoms with Crippen molar-refractivity contribution < 1.29 is 19.1 Å². The molecule has 0 saturated heterocycles. The van der Waals surface area contributed by atoms with Gasteiger partial charge in [-0.1, -0.05) is 0 Å². The predicted octanol–water partition coefficient (Wildman–Crippen LogP) is 0.0765. The van der Waals surface area contributed by atoms with Gasteiger partial charge in [-0.05, 0) is 11.5 Å². The summed E-state index contributed by atoms with van der Waals surface area (Å²) in [5, 5.41) is 6.14. The normalized spacial score (nSPS) is 10.1. The van der Waals surface area contributed by atoms with Gasteiger partial charge in [0, 0.05) is 26.6 Å². The Morgan fingerprint density at radius 3 is 2.75 bits per heavy atom. The number of hydrogen-bond acceptors (Lipinski definition) is 8. The van der Waals surface area contributed by atoms with E-state index in [9.17, 15) is 9.59 Å². The topological polar surface area (TPSA) is 116 Å². The number of hydrogen-bond donors (Lipinski definition) is 3. The molecule has 1 amide bonds. The molecule has 0 radical (unpaired) electrons. The molecule has 0 aliphatic heterocycles.